The number of rotatable bonds is 4. The molecule has 0 radical (unpaired) electrons. The van der Waals surface area contributed by atoms with Gasteiger partial charge in [-0.3, -0.25) is 9.48 Å². The van der Waals surface area contributed by atoms with E-state index in [2.05, 4.69) is 32.6 Å². The summed E-state index contributed by atoms with van der Waals surface area (Å²) < 4.78 is 7.06. The Balaban J connectivity index is 1.45. The lowest BCUT2D eigenvalue weighted by Crippen LogP contribution is -2.42. The van der Waals surface area contributed by atoms with E-state index in [9.17, 15) is 9.59 Å². The molecule has 198 valence electrons. The minimum atomic E-state index is -0.572. The van der Waals surface area contributed by atoms with Crippen molar-refractivity contribution in [3.8, 4) is 11.8 Å². The summed E-state index contributed by atoms with van der Waals surface area (Å²) in [6, 6.07) is 11.4. The molecule has 8 nitrogen and oxygen atoms in total. The molecular weight excluding hydrogens is 502 g/mol. The Morgan fingerprint density at radius 1 is 1.11 bits per heavy atom. The Kier molecular flexibility index (Phi) is 8.38. The largest absolute Gasteiger partial charge is 0.444 e. The lowest BCUT2D eigenvalue weighted by atomic mass is 9.91. The first-order valence-corrected chi connectivity index (χ1v) is 13.0. The fraction of sp³-hybridized carbons (Fsp3) is 0.379. The Hall–Kier alpha value is -3.83. The Morgan fingerprint density at radius 3 is 2.55 bits per heavy atom. The van der Waals surface area contributed by atoms with E-state index in [0.717, 1.165) is 36.0 Å². The number of ether oxygens (including phenoxy) is 1. The lowest BCUT2D eigenvalue weighted by molar-refractivity contribution is 0.0484. The lowest BCUT2D eigenvalue weighted by Gasteiger charge is -2.31. The van der Waals surface area contributed by atoms with Gasteiger partial charge in [-0.05, 0) is 77.1 Å². The Labute approximate surface area is 228 Å². The highest BCUT2D eigenvalue weighted by atomic mass is 35.5. The van der Waals surface area contributed by atoms with E-state index in [1.807, 2.05) is 64.1 Å². The Morgan fingerprint density at radius 2 is 1.84 bits per heavy atom. The molecule has 2 unspecified atom stereocenters. The zero-order valence-electron chi connectivity index (χ0n) is 22.0. The predicted molar refractivity (Wildman–Crippen MR) is 147 cm³/mol. The maximum atomic E-state index is 13.3. The van der Waals surface area contributed by atoms with Gasteiger partial charge in [0, 0.05) is 23.4 Å². The number of carbonyl (C=O) groups excluding carboxylic acids is 2. The zero-order chi connectivity index (χ0) is 27.3. The zero-order valence-corrected chi connectivity index (χ0v) is 22.8. The van der Waals surface area contributed by atoms with Crippen LogP contribution in [0.25, 0.3) is 0 Å². The standard InChI is InChI=1S/C29H32ClN5O3/c1-19-15-21(14-13-20-9-6-5-7-10-20)17-31-26(19)34-27(36)25-24(30)18-32-35(25)23-12-8-11-22(16-23)33-28(37)38-29(2,3)4/h5-7,9-10,15,17-18,22-23H,8,11-12,16H2,1-4H3,(H,33,37)(H,31,34,36). The van der Waals surface area contributed by atoms with Crippen LogP contribution in [0, 0.1) is 18.8 Å². The summed E-state index contributed by atoms with van der Waals surface area (Å²) in [5.74, 6) is 6.24. The summed E-state index contributed by atoms with van der Waals surface area (Å²) in [6.07, 6.45) is 5.79. The number of anilines is 1. The predicted octanol–water partition coefficient (Wildman–Crippen LogP) is 5.90. The summed E-state index contributed by atoms with van der Waals surface area (Å²) in [6.45, 7) is 7.35. The van der Waals surface area contributed by atoms with Crippen molar-refractivity contribution < 1.29 is 14.3 Å². The molecule has 1 saturated carbocycles. The molecule has 0 aliphatic heterocycles. The third-order valence-electron chi connectivity index (χ3n) is 6.11. The van der Waals surface area contributed by atoms with Crippen molar-refractivity contribution in [3.05, 3.63) is 76.2 Å². The van der Waals surface area contributed by atoms with Gasteiger partial charge in [0.15, 0.2) is 0 Å². The third-order valence-corrected chi connectivity index (χ3v) is 6.39. The smallest absolute Gasteiger partial charge is 0.407 e. The summed E-state index contributed by atoms with van der Waals surface area (Å²) in [5, 5.41) is 10.5. The van der Waals surface area contributed by atoms with Gasteiger partial charge in [-0.15, -0.1) is 0 Å². The van der Waals surface area contributed by atoms with Gasteiger partial charge >= 0.3 is 6.09 Å². The molecule has 1 aliphatic rings. The van der Waals surface area contributed by atoms with Gasteiger partial charge in [0.1, 0.15) is 17.1 Å². The molecule has 1 aromatic carbocycles. The van der Waals surface area contributed by atoms with E-state index in [0.29, 0.717) is 12.2 Å². The average molecular weight is 534 g/mol. The minimum Gasteiger partial charge on any atom is -0.444 e. The summed E-state index contributed by atoms with van der Waals surface area (Å²) >= 11 is 6.41. The quantitative estimate of drug-likeness (QED) is 0.407. The van der Waals surface area contributed by atoms with Crippen molar-refractivity contribution in [2.45, 2.75) is 71.1 Å². The summed E-state index contributed by atoms with van der Waals surface area (Å²) in [5.41, 5.74) is 2.14. The monoisotopic (exact) mass is 533 g/mol. The molecule has 2 aromatic heterocycles. The van der Waals surface area contributed by atoms with Gasteiger partial charge in [0.25, 0.3) is 5.91 Å². The number of nitrogens with zero attached hydrogens (tertiary/aromatic N) is 3. The number of carbonyl (C=O) groups is 2. The van der Waals surface area contributed by atoms with E-state index in [-0.39, 0.29) is 22.8 Å². The van der Waals surface area contributed by atoms with Crippen LogP contribution in [-0.2, 0) is 4.74 Å². The van der Waals surface area contributed by atoms with E-state index >= 15 is 0 Å². The maximum Gasteiger partial charge on any atom is 0.407 e. The number of halogens is 1. The maximum absolute atomic E-state index is 13.3. The molecule has 4 rings (SSSR count). The topological polar surface area (TPSA) is 98.1 Å². The van der Waals surface area contributed by atoms with E-state index in [4.69, 9.17) is 16.3 Å². The number of hydrogen-bond acceptors (Lipinski definition) is 5. The van der Waals surface area contributed by atoms with Crippen molar-refractivity contribution in [2.24, 2.45) is 0 Å². The fourth-order valence-electron chi connectivity index (χ4n) is 4.43. The van der Waals surface area contributed by atoms with Gasteiger partial charge in [-0.2, -0.15) is 5.10 Å². The van der Waals surface area contributed by atoms with Gasteiger partial charge in [0.2, 0.25) is 0 Å². The molecule has 2 N–H and O–H groups in total. The SMILES string of the molecule is Cc1cc(C#Cc2ccccc2)cnc1NC(=O)c1c(Cl)cnn1C1CCCC(NC(=O)OC(C)(C)C)C1. The Bertz CT molecular complexity index is 1370. The number of aromatic nitrogens is 3. The molecule has 9 heteroatoms. The second-order valence-electron chi connectivity index (χ2n) is 10.4. The minimum absolute atomic E-state index is 0.0871. The van der Waals surface area contributed by atoms with Gasteiger partial charge in [-0.25, -0.2) is 9.78 Å². The van der Waals surface area contributed by atoms with Crippen LogP contribution in [0.3, 0.4) is 0 Å². The molecule has 0 saturated heterocycles. The normalized spacial score (nSPS) is 17.2. The second kappa shape index (κ2) is 11.7. The molecule has 2 atom stereocenters. The number of pyridine rings is 1. The number of alkyl carbamates (subject to hydrolysis) is 1. The van der Waals surface area contributed by atoms with Crippen LogP contribution in [0.5, 0.6) is 0 Å². The first-order valence-electron chi connectivity index (χ1n) is 12.7. The molecule has 2 amide bonds. The first kappa shape index (κ1) is 27.2. The van der Waals surface area contributed by atoms with Crippen LogP contribution in [0.4, 0.5) is 10.6 Å². The van der Waals surface area contributed by atoms with Crippen LogP contribution < -0.4 is 10.6 Å². The molecule has 0 spiro atoms. The highest BCUT2D eigenvalue weighted by molar-refractivity contribution is 6.34. The van der Waals surface area contributed by atoms with E-state index in [1.54, 1.807) is 10.9 Å². The van der Waals surface area contributed by atoms with Crippen molar-refractivity contribution >= 4 is 29.4 Å². The third kappa shape index (κ3) is 7.14. The number of benzene rings is 1. The van der Waals surface area contributed by atoms with Crippen LogP contribution in [0.2, 0.25) is 5.02 Å². The average Bonchev–Trinajstić information content (AvgIpc) is 3.25. The molecule has 0 bridgehead atoms. The van der Waals surface area contributed by atoms with Gasteiger partial charge in [-0.1, -0.05) is 41.6 Å². The van der Waals surface area contributed by atoms with E-state index < -0.39 is 17.6 Å². The highest BCUT2D eigenvalue weighted by Gasteiger charge is 2.30. The second-order valence-corrected chi connectivity index (χ2v) is 10.8. The van der Waals surface area contributed by atoms with Crippen molar-refractivity contribution in [1.29, 1.82) is 0 Å². The number of amides is 2. The summed E-state index contributed by atoms with van der Waals surface area (Å²) in [4.78, 5) is 30.0. The number of hydrogen-bond donors (Lipinski definition) is 2. The van der Waals surface area contributed by atoms with Crippen molar-refractivity contribution in [3.63, 3.8) is 0 Å². The van der Waals surface area contributed by atoms with Crippen molar-refractivity contribution in [2.75, 3.05) is 5.32 Å². The molecular formula is C29H32ClN5O3. The van der Waals surface area contributed by atoms with Crippen molar-refractivity contribution in [1.82, 2.24) is 20.1 Å². The van der Waals surface area contributed by atoms with Crippen LogP contribution >= 0.6 is 11.6 Å². The molecule has 1 aliphatic carbocycles. The number of aryl methyl sites for hydroxylation is 1. The summed E-state index contributed by atoms with van der Waals surface area (Å²) in [7, 11) is 0. The molecule has 2 heterocycles. The van der Waals surface area contributed by atoms with Gasteiger partial charge in [0.05, 0.1) is 17.3 Å². The fourth-order valence-corrected chi connectivity index (χ4v) is 4.64. The molecule has 3 aromatic rings. The van der Waals surface area contributed by atoms with Crippen LogP contribution in [0.15, 0.2) is 48.8 Å². The van der Waals surface area contributed by atoms with E-state index in [1.165, 1.54) is 6.20 Å². The van der Waals surface area contributed by atoms with Gasteiger partial charge < -0.3 is 15.4 Å². The molecule has 1 fully saturated rings. The number of nitrogens with one attached hydrogen (secondary N) is 2. The highest BCUT2D eigenvalue weighted by Crippen LogP contribution is 2.32. The van der Waals surface area contributed by atoms with Crippen LogP contribution in [0.1, 0.15) is 79.7 Å². The van der Waals surface area contributed by atoms with Crippen LogP contribution in [-0.4, -0.2) is 38.4 Å². The first-order chi connectivity index (χ1) is 18.1. The molecule has 38 heavy (non-hydrogen) atoms.